The van der Waals surface area contributed by atoms with Crippen LogP contribution >= 0.6 is 15.9 Å². The molecule has 7 nitrogen and oxygen atoms in total. The molecule has 0 aliphatic carbocycles. The van der Waals surface area contributed by atoms with Gasteiger partial charge in [0.1, 0.15) is 17.6 Å². The van der Waals surface area contributed by atoms with Gasteiger partial charge in [-0.05, 0) is 36.6 Å². The molecule has 1 aromatic heterocycles. The van der Waals surface area contributed by atoms with E-state index in [-0.39, 0.29) is 12.1 Å². The van der Waals surface area contributed by atoms with Crippen LogP contribution in [0.25, 0.3) is 10.9 Å². The van der Waals surface area contributed by atoms with Gasteiger partial charge in [0.2, 0.25) is 0 Å². The third-order valence-electron chi connectivity index (χ3n) is 6.72. The van der Waals surface area contributed by atoms with Crippen molar-refractivity contribution in [2.75, 3.05) is 19.7 Å². The Balaban J connectivity index is 1.40. The van der Waals surface area contributed by atoms with Crippen LogP contribution in [0.2, 0.25) is 0 Å². The number of amides is 1. The quantitative estimate of drug-likeness (QED) is 0.426. The number of piperidine rings is 1. The third-order valence-corrected chi connectivity index (χ3v) is 7.22. The molecule has 5 rings (SSSR count). The number of carbonyl (C=O) groups excluding carboxylic acids is 1. The molecule has 2 aliphatic heterocycles. The summed E-state index contributed by atoms with van der Waals surface area (Å²) >= 11 is 3.57. The highest BCUT2D eigenvalue weighted by molar-refractivity contribution is 9.10. The second-order valence-electron chi connectivity index (χ2n) is 8.77. The standard InChI is InChI=1S/C25H28BrN3O4/c1-2-32-24(31)29-12-9-25(10-13-29)15-20(19-14-17(26)6-7-21(19)33-25)28-23(30)18-5-3-4-16-8-11-27-22(16)18/h3-8,11,14,20,23,27-28,30H,2,9-10,12-13,15H2,1H3/t20-,23?/m1/s1. The van der Waals surface area contributed by atoms with Crippen molar-refractivity contribution in [3.8, 4) is 5.75 Å². The Kier molecular flexibility index (Phi) is 6.07. The fourth-order valence-corrected chi connectivity index (χ4v) is 5.40. The van der Waals surface area contributed by atoms with Gasteiger partial charge in [-0.3, -0.25) is 5.32 Å². The van der Waals surface area contributed by atoms with Gasteiger partial charge in [-0.15, -0.1) is 0 Å². The fourth-order valence-electron chi connectivity index (χ4n) is 5.03. The van der Waals surface area contributed by atoms with Gasteiger partial charge in [0.25, 0.3) is 0 Å². The van der Waals surface area contributed by atoms with Crippen molar-refractivity contribution in [3.63, 3.8) is 0 Å². The van der Waals surface area contributed by atoms with Crippen molar-refractivity contribution >= 4 is 32.9 Å². The van der Waals surface area contributed by atoms with Crippen molar-refractivity contribution in [1.29, 1.82) is 0 Å². The van der Waals surface area contributed by atoms with Crippen LogP contribution in [-0.4, -0.2) is 46.4 Å². The summed E-state index contributed by atoms with van der Waals surface area (Å²) in [6.07, 6.45) is 2.89. The molecule has 1 amide bonds. The molecule has 0 saturated carbocycles. The number of nitrogens with one attached hydrogen (secondary N) is 2. The predicted molar refractivity (Wildman–Crippen MR) is 129 cm³/mol. The number of aliphatic hydroxyl groups excluding tert-OH is 1. The fraction of sp³-hybridized carbons (Fsp3) is 0.400. The molecular formula is C25H28BrN3O4. The summed E-state index contributed by atoms with van der Waals surface area (Å²) in [5, 5.41) is 15.7. The summed E-state index contributed by atoms with van der Waals surface area (Å²) in [7, 11) is 0. The van der Waals surface area contributed by atoms with E-state index in [0.29, 0.717) is 39.0 Å². The predicted octanol–water partition coefficient (Wildman–Crippen LogP) is 5.03. The van der Waals surface area contributed by atoms with Gasteiger partial charge in [0.05, 0.1) is 12.1 Å². The monoisotopic (exact) mass is 513 g/mol. The minimum atomic E-state index is -0.848. The van der Waals surface area contributed by atoms with Crippen LogP contribution in [0, 0.1) is 0 Å². The number of fused-ring (bicyclic) bond motifs is 2. The number of nitrogens with zero attached hydrogens (tertiary/aromatic N) is 1. The van der Waals surface area contributed by atoms with E-state index in [4.69, 9.17) is 9.47 Å². The summed E-state index contributed by atoms with van der Waals surface area (Å²) in [6, 6.07) is 13.8. The maximum absolute atomic E-state index is 12.2. The van der Waals surface area contributed by atoms with Gasteiger partial charge in [-0.2, -0.15) is 0 Å². The van der Waals surface area contributed by atoms with E-state index in [1.54, 1.807) is 4.90 Å². The van der Waals surface area contributed by atoms with Gasteiger partial charge < -0.3 is 24.5 Å². The van der Waals surface area contributed by atoms with Gasteiger partial charge in [0, 0.05) is 60.2 Å². The molecule has 1 spiro atoms. The van der Waals surface area contributed by atoms with E-state index in [2.05, 4.69) is 32.3 Å². The second-order valence-corrected chi connectivity index (χ2v) is 9.68. The van der Waals surface area contributed by atoms with Crippen LogP contribution in [0.4, 0.5) is 4.79 Å². The first-order valence-corrected chi connectivity index (χ1v) is 12.2. The highest BCUT2D eigenvalue weighted by atomic mass is 79.9. The number of hydrogen-bond acceptors (Lipinski definition) is 5. The lowest BCUT2D eigenvalue weighted by Crippen LogP contribution is -2.53. The Bertz CT molecular complexity index is 1160. The highest BCUT2D eigenvalue weighted by Gasteiger charge is 2.44. The normalized spacial score (nSPS) is 20.3. The summed E-state index contributed by atoms with van der Waals surface area (Å²) in [4.78, 5) is 17.2. The molecule has 2 aromatic carbocycles. The van der Waals surface area contributed by atoms with Crippen molar-refractivity contribution in [3.05, 3.63) is 64.3 Å². The first-order valence-electron chi connectivity index (χ1n) is 11.4. The second kappa shape index (κ2) is 9.00. The number of aromatic nitrogens is 1. The number of H-pyrrole nitrogens is 1. The minimum Gasteiger partial charge on any atom is -0.487 e. The number of para-hydroxylation sites is 1. The molecule has 3 heterocycles. The molecule has 1 fully saturated rings. The first-order chi connectivity index (χ1) is 16.0. The Morgan fingerprint density at radius 1 is 1.33 bits per heavy atom. The van der Waals surface area contributed by atoms with Crippen LogP contribution in [0.3, 0.4) is 0 Å². The van der Waals surface area contributed by atoms with E-state index in [1.807, 2.05) is 49.5 Å². The zero-order chi connectivity index (χ0) is 23.0. The average Bonchev–Trinajstić information content (AvgIpc) is 3.29. The van der Waals surface area contributed by atoms with Crippen LogP contribution in [-0.2, 0) is 4.74 Å². The topological polar surface area (TPSA) is 86.8 Å². The van der Waals surface area contributed by atoms with Crippen molar-refractivity contribution in [1.82, 2.24) is 15.2 Å². The molecule has 1 saturated heterocycles. The van der Waals surface area contributed by atoms with Crippen LogP contribution in [0.5, 0.6) is 5.75 Å². The third kappa shape index (κ3) is 4.35. The van der Waals surface area contributed by atoms with Crippen molar-refractivity contribution in [2.24, 2.45) is 0 Å². The lowest BCUT2D eigenvalue weighted by Gasteiger charge is -2.47. The number of likely N-dealkylation sites (tertiary alicyclic amines) is 1. The van der Waals surface area contributed by atoms with Gasteiger partial charge >= 0.3 is 6.09 Å². The van der Waals surface area contributed by atoms with Crippen molar-refractivity contribution < 1.29 is 19.4 Å². The first kappa shape index (κ1) is 22.3. The maximum Gasteiger partial charge on any atom is 0.409 e. The Morgan fingerprint density at radius 3 is 2.94 bits per heavy atom. The number of ether oxygens (including phenoxy) is 2. The molecule has 3 aromatic rings. The molecule has 174 valence electrons. The average molecular weight is 514 g/mol. The van der Waals surface area contributed by atoms with Crippen molar-refractivity contribution in [2.45, 2.75) is 44.1 Å². The van der Waals surface area contributed by atoms with Crippen LogP contribution in [0.1, 0.15) is 49.6 Å². The van der Waals surface area contributed by atoms with Gasteiger partial charge in [-0.1, -0.05) is 34.1 Å². The largest absolute Gasteiger partial charge is 0.487 e. The number of carbonyl (C=O) groups is 1. The number of hydrogen-bond donors (Lipinski definition) is 3. The number of rotatable bonds is 4. The molecule has 2 atom stereocenters. The van der Waals surface area contributed by atoms with Crippen LogP contribution in [0.15, 0.2) is 53.1 Å². The number of halogens is 1. The highest BCUT2D eigenvalue weighted by Crippen LogP contribution is 2.46. The minimum absolute atomic E-state index is 0.111. The zero-order valence-corrected chi connectivity index (χ0v) is 20.1. The van der Waals surface area contributed by atoms with Gasteiger partial charge in [0.15, 0.2) is 0 Å². The summed E-state index contributed by atoms with van der Waals surface area (Å²) in [5.74, 6) is 0.816. The van der Waals surface area contributed by atoms with E-state index < -0.39 is 11.8 Å². The lowest BCUT2D eigenvalue weighted by atomic mass is 9.80. The summed E-state index contributed by atoms with van der Waals surface area (Å²) in [6.45, 7) is 3.36. The molecule has 0 bridgehead atoms. The van der Waals surface area contributed by atoms with E-state index in [9.17, 15) is 9.90 Å². The molecule has 2 aliphatic rings. The van der Waals surface area contributed by atoms with Gasteiger partial charge in [-0.25, -0.2) is 4.79 Å². The SMILES string of the molecule is CCOC(=O)N1CCC2(CC1)C[C@@H](NC(O)c1cccc3cc[nH]c13)c1cc(Br)ccc1O2. The lowest BCUT2D eigenvalue weighted by molar-refractivity contribution is -0.0303. The number of aromatic amines is 1. The maximum atomic E-state index is 12.2. The van der Waals surface area contributed by atoms with E-state index in [0.717, 1.165) is 32.3 Å². The molecule has 3 N–H and O–H groups in total. The zero-order valence-electron chi connectivity index (χ0n) is 18.5. The Labute approximate surface area is 201 Å². The molecule has 8 heteroatoms. The Morgan fingerprint density at radius 2 is 2.15 bits per heavy atom. The summed E-state index contributed by atoms with van der Waals surface area (Å²) in [5.41, 5.74) is 2.35. The summed E-state index contributed by atoms with van der Waals surface area (Å²) < 4.78 is 12.7. The molecule has 33 heavy (non-hydrogen) atoms. The van der Waals surface area contributed by atoms with E-state index >= 15 is 0 Å². The van der Waals surface area contributed by atoms with E-state index in [1.165, 1.54) is 0 Å². The number of benzene rings is 2. The Hall–Kier alpha value is -2.55. The molecule has 1 unspecified atom stereocenters. The molecular weight excluding hydrogens is 486 g/mol. The number of aliphatic hydroxyl groups is 1. The molecule has 0 radical (unpaired) electrons. The smallest absolute Gasteiger partial charge is 0.409 e. The van der Waals surface area contributed by atoms with Crippen LogP contribution < -0.4 is 10.1 Å².